The molecule has 4 heteroatoms. The maximum absolute atomic E-state index is 6.04. The first-order valence-corrected chi connectivity index (χ1v) is 7.82. The second-order valence-corrected chi connectivity index (χ2v) is 5.71. The SMILES string of the molecule is COCCN(CCOC)C(CN)c1ccc(C2CC2)cc1. The van der Waals surface area contributed by atoms with Crippen molar-refractivity contribution < 1.29 is 9.47 Å². The molecule has 0 aromatic heterocycles. The monoisotopic (exact) mass is 292 g/mol. The molecule has 0 saturated heterocycles. The number of benzene rings is 1. The summed E-state index contributed by atoms with van der Waals surface area (Å²) in [6, 6.07) is 9.22. The molecular formula is C17H28N2O2. The van der Waals surface area contributed by atoms with Gasteiger partial charge in [-0.25, -0.2) is 0 Å². The number of nitrogens with two attached hydrogens (primary N) is 1. The molecule has 1 unspecified atom stereocenters. The van der Waals surface area contributed by atoms with E-state index in [4.69, 9.17) is 15.2 Å². The van der Waals surface area contributed by atoms with Gasteiger partial charge in [0.2, 0.25) is 0 Å². The summed E-state index contributed by atoms with van der Waals surface area (Å²) in [6.07, 6.45) is 2.68. The van der Waals surface area contributed by atoms with Crippen LogP contribution < -0.4 is 5.73 Å². The number of methoxy groups -OCH3 is 2. The van der Waals surface area contributed by atoms with Gasteiger partial charge in [0.25, 0.3) is 0 Å². The number of rotatable bonds is 10. The van der Waals surface area contributed by atoms with Crippen molar-refractivity contribution >= 4 is 0 Å². The summed E-state index contributed by atoms with van der Waals surface area (Å²) >= 11 is 0. The summed E-state index contributed by atoms with van der Waals surface area (Å²) in [5.74, 6) is 0.800. The first kappa shape index (κ1) is 16.4. The Morgan fingerprint density at radius 1 is 1.10 bits per heavy atom. The number of nitrogens with zero attached hydrogens (tertiary/aromatic N) is 1. The second kappa shape index (κ2) is 8.49. The van der Waals surface area contributed by atoms with Crippen LogP contribution in [-0.4, -0.2) is 52.0 Å². The van der Waals surface area contributed by atoms with E-state index >= 15 is 0 Å². The molecule has 118 valence electrons. The molecule has 4 nitrogen and oxygen atoms in total. The maximum atomic E-state index is 6.04. The van der Waals surface area contributed by atoms with Crippen molar-refractivity contribution in [2.24, 2.45) is 5.73 Å². The highest BCUT2D eigenvalue weighted by molar-refractivity contribution is 5.30. The zero-order valence-corrected chi connectivity index (χ0v) is 13.3. The molecule has 0 amide bonds. The summed E-state index contributed by atoms with van der Waals surface area (Å²) in [5, 5.41) is 0. The summed E-state index contributed by atoms with van der Waals surface area (Å²) in [4.78, 5) is 2.35. The minimum atomic E-state index is 0.226. The van der Waals surface area contributed by atoms with Gasteiger partial charge in [-0.2, -0.15) is 0 Å². The highest BCUT2D eigenvalue weighted by atomic mass is 16.5. The molecule has 1 saturated carbocycles. The lowest BCUT2D eigenvalue weighted by Gasteiger charge is -2.31. The van der Waals surface area contributed by atoms with E-state index < -0.39 is 0 Å². The van der Waals surface area contributed by atoms with Crippen molar-refractivity contribution in [3.63, 3.8) is 0 Å². The van der Waals surface area contributed by atoms with Crippen molar-refractivity contribution in [1.82, 2.24) is 4.90 Å². The third kappa shape index (κ3) is 4.78. The lowest BCUT2D eigenvalue weighted by Crippen LogP contribution is -2.38. The van der Waals surface area contributed by atoms with Crippen LogP contribution in [-0.2, 0) is 9.47 Å². The molecule has 1 aromatic carbocycles. The van der Waals surface area contributed by atoms with Gasteiger partial charge in [-0.05, 0) is 29.9 Å². The van der Waals surface area contributed by atoms with Crippen LogP contribution in [0.1, 0.15) is 35.9 Å². The van der Waals surface area contributed by atoms with Crippen LogP contribution in [0.3, 0.4) is 0 Å². The Balaban J connectivity index is 2.05. The normalized spacial score (nSPS) is 16.4. The average Bonchev–Trinajstić information content (AvgIpc) is 3.35. The van der Waals surface area contributed by atoms with E-state index in [9.17, 15) is 0 Å². The molecule has 2 N–H and O–H groups in total. The molecular weight excluding hydrogens is 264 g/mol. The second-order valence-electron chi connectivity index (χ2n) is 5.71. The smallest absolute Gasteiger partial charge is 0.0589 e. The van der Waals surface area contributed by atoms with Crippen LogP contribution >= 0.6 is 0 Å². The molecule has 0 aliphatic heterocycles. The minimum Gasteiger partial charge on any atom is -0.383 e. The van der Waals surface area contributed by atoms with Gasteiger partial charge in [0.05, 0.1) is 13.2 Å². The van der Waals surface area contributed by atoms with E-state index in [-0.39, 0.29) is 6.04 Å². The molecule has 0 bridgehead atoms. The Kier molecular flexibility index (Phi) is 6.64. The number of ether oxygens (including phenoxy) is 2. The van der Waals surface area contributed by atoms with Gasteiger partial charge in [0.1, 0.15) is 0 Å². The van der Waals surface area contributed by atoms with Gasteiger partial charge in [-0.15, -0.1) is 0 Å². The van der Waals surface area contributed by atoms with E-state index in [0.29, 0.717) is 19.8 Å². The highest BCUT2D eigenvalue weighted by Gasteiger charge is 2.24. The molecule has 1 aliphatic carbocycles. The Bertz CT molecular complexity index is 396. The Morgan fingerprint density at radius 2 is 1.67 bits per heavy atom. The lowest BCUT2D eigenvalue weighted by molar-refractivity contribution is 0.0891. The Morgan fingerprint density at radius 3 is 2.10 bits per heavy atom. The van der Waals surface area contributed by atoms with E-state index in [1.807, 2.05) is 0 Å². The molecule has 0 spiro atoms. The van der Waals surface area contributed by atoms with Crippen LogP contribution in [0.4, 0.5) is 0 Å². The fourth-order valence-corrected chi connectivity index (χ4v) is 2.74. The van der Waals surface area contributed by atoms with E-state index in [0.717, 1.165) is 19.0 Å². The average molecular weight is 292 g/mol. The summed E-state index contributed by atoms with van der Waals surface area (Å²) < 4.78 is 10.4. The summed E-state index contributed by atoms with van der Waals surface area (Å²) in [6.45, 7) is 3.76. The Labute approximate surface area is 128 Å². The fourth-order valence-electron chi connectivity index (χ4n) is 2.74. The number of hydrogen-bond acceptors (Lipinski definition) is 4. The van der Waals surface area contributed by atoms with Crippen LogP contribution in [0, 0.1) is 0 Å². The van der Waals surface area contributed by atoms with Crippen LogP contribution in [0.5, 0.6) is 0 Å². The molecule has 0 radical (unpaired) electrons. The minimum absolute atomic E-state index is 0.226. The zero-order chi connectivity index (χ0) is 15.1. The van der Waals surface area contributed by atoms with E-state index in [1.165, 1.54) is 24.0 Å². The van der Waals surface area contributed by atoms with Crippen molar-refractivity contribution in [3.8, 4) is 0 Å². The molecule has 1 aliphatic rings. The summed E-state index contributed by atoms with van der Waals surface area (Å²) in [7, 11) is 3.47. The van der Waals surface area contributed by atoms with Crippen molar-refractivity contribution in [2.75, 3.05) is 47.1 Å². The molecule has 2 rings (SSSR count). The number of hydrogen-bond donors (Lipinski definition) is 1. The van der Waals surface area contributed by atoms with Gasteiger partial charge in [0, 0.05) is 39.9 Å². The van der Waals surface area contributed by atoms with Crippen molar-refractivity contribution in [3.05, 3.63) is 35.4 Å². The molecule has 1 aromatic rings. The van der Waals surface area contributed by atoms with E-state index in [2.05, 4.69) is 29.2 Å². The predicted molar refractivity (Wildman–Crippen MR) is 85.5 cm³/mol. The quantitative estimate of drug-likeness (QED) is 0.718. The standard InChI is InChI=1S/C17H28N2O2/c1-20-11-9-19(10-12-21-2)17(13-18)16-7-5-15(6-8-16)14-3-4-14/h5-8,14,17H,3-4,9-13,18H2,1-2H3. The van der Waals surface area contributed by atoms with Gasteiger partial charge in [0.15, 0.2) is 0 Å². The third-order valence-electron chi connectivity index (χ3n) is 4.20. The molecule has 0 heterocycles. The summed E-state index contributed by atoms with van der Waals surface area (Å²) in [5.41, 5.74) is 8.79. The van der Waals surface area contributed by atoms with Gasteiger partial charge < -0.3 is 15.2 Å². The first-order valence-electron chi connectivity index (χ1n) is 7.82. The molecule has 1 atom stereocenters. The van der Waals surface area contributed by atoms with Crippen LogP contribution in [0.15, 0.2) is 24.3 Å². The largest absolute Gasteiger partial charge is 0.383 e. The maximum Gasteiger partial charge on any atom is 0.0589 e. The van der Waals surface area contributed by atoms with Gasteiger partial charge in [-0.1, -0.05) is 24.3 Å². The lowest BCUT2D eigenvalue weighted by atomic mass is 10.0. The first-order chi connectivity index (χ1) is 10.3. The molecule has 21 heavy (non-hydrogen) atoms. The predicted octanol–water partition coefficient (Wildman–Crippen LogP) is 2.16. The van der Waals surface area contributed by atoms with Crippen molar-refractivity contribution in [2.45, 2.75) is 24.8 Å². The fraction of sp³-hybridized carbons (Fsp3) is 0.647. The van der Waals surface area contributed by atoms with Gasteiger partial charge >= 0.3 is 0 Å². The highest BCUT2D eigenvalue weighted by Crippen LogP contribution is 2.40. The van der Waals surface area contributed by atoms with E-state index in [1.54, 1.807) is 14.2 Å². The third-order valence-corrected chi connectivity index (χ3v) is 4.20. The van der Waals surface area contributed by atoms with Crippen LogP contribution in [0.25, 0.3) is 0 Å². The van der Waals surface area contributed by atoms with Crippen molar-refractivity contribution in [1.29, 1.82) is 0 Å². The van der Waals surface area contributed by atoms with Gasteiger partial charge in [-0.3, -0.25) is 4.90 Å². The van der Waals surface area contributed by atoms with Crippen LogP contribution in [0.2, 0.25) is 0 Å². The molecule has 1 fully saturated rings. The topological polar surface area (TPSA) is 47.7 Å². The Hall–Kier alpha value is -0.940. The zero-order valence-electron chi connectivity index (χ0n) is 13.3.